The van der Waals surface area contributed by atoms with Crippen molar-refractivity contribution in [3.63, 3.8) is 0 Å². The number of rotatable bonds is 10. The van der Waals surface area contributed by atoms with Crippen LogP contribution in [0.4, 0.5) is 0 Å². The standard InChI is InChI=1S/C24H28N4O3/c1-3-5-6-9-16-31-19-14-12-18(13-15-19)17-25-26-23(29)22-20-10-7-8-11-21(20)24(30)28(4-2)27-22/h7-8,10-15,17H,3-6,9,16H2,1-2H3,(H,26,29)/b25-17-. The number of carbonyl (C=O) groups excluding carboxylic acids is 1. The Balaban J connectivity index is 1.63. The molecule has 0 aliphatic carbocycles. The number of fused-ring (bicyclic) bond motifs is 1. The monoisotopic (exact) mass is 420 g/mol. The van der Waals surface area contributed by atoms with Crippen molar-refractivity contribution >= 4 is 22.9 Å². The molecule has 162 valence electrons. The Morgan fingerprint density at radius 3 is 2.52 bits per heavy atom. The number of ether oxygens (including phenoxy) is 1. The molecule has 7 heteroatoms. The van der Waals surface area contributed by atoms with Gasteiger partial charge in [-0.15, -0.1) is 0 Å². The van der Waals surface area contributed by atoms with Gasteiger partial charge in [0.25, 0.3) is 11.5 Å². The van der Waals surface area contributed by atoms with Crippen LogP contribution in [0.5, 0.6) is 5.75 Å². The van der Waals surface area contributed by atoms with Crippen molar-refractivity contribution < 1.29 is 9.53 Å². The SMILES string of the molecule is CCCCCCOc1ccc(/C=N\NC(=O)c2nn(CC)c(=O)c3ccccc23)cc1. The predicted molar refractivity (Wildman–Crippen MR) is 123 cm³/mol. The summed E-state index contributed by atoms with van der Waals surface area (Å²) in [6, 6.07) is 14.5. The largest absolute Gasteiger partial charge is 0.494 e. The smallest absolute Gasteiger partial charge is 0.292 e. The van der Waals surface area contributed by atoms with Gasteiger partial charge in [0.2, 0.25) is 0 Å². The van der Waals surface area contributed by atoms with E-state index in [0.717, 1.165) is 17.7 Å². The van der Waals surface area contributed by atoms with E-state index in [1.54, 1.807) is 30.5 Å². The summed E-state index contributed by atoms with van der Waals surface area (Å²) < 4.78 is 7.01. The Bertz CT molecular complexity index is 1100. The molecule has 0 saturated carbocycles. The highest BCUT2D eigenvalue weighted by Crippen LogP contribution is 2.14. The fourth-order valence-corrected chi connectivity index (χ4v) is 3.20. The minimum absolute atomic E-state index is 0.168. The highest BCUT2D eigenvalue weighted by molar-refractivity contribution is 6.04. The third-order valence-electron chi connectivity index (χ3n) is 4.91. The molecule has 0 aliphatic rings. The molecule has 2 aromatic carbocycles. The number of amides is 1. The molecule has 3 rings (SSSR count). The number of unbranched alkanes of at least 4 members (excludes halogenated alkanes) is 3. The lowest BCUT2D eigenvalue weighted by Crippen LogP contribution is -2.28. The average molecular weight is 421 g/mol. The fourth-order valence-electron chi connectivity index (χ4n) is 3.20. The molecule has 0 aliphatic heterocycles. The second-order valence-electron chi connectivity index (χ2n) is 7.19. The molecule has 3 aromatic rings. The van der Waals surface area contributed by atoms with Crippen LogP contribution in [0, 0.1) is 0 Å². The summed E-state index contributed by atoms with van der Waals surface area (Å²) in [6.45, 7) is 5.08. The van der Waals surface area contributed by atoms with Crippen molar-refractivity contribution in [1.29, 1.82) is 0 Å². The second-order valence-corrected chi connectivity index (χ2v) is 7.19. The number of benzene rings is 2. The average Bonchev–Trinajstić information content (AvgIpc) is 2.80. The van der Waals surface area contributed by atoms with Gasteiger partial charge in [0, 0.05) is 11.9 Å². The van der Waals surface area contributed by atoms with Crippen LogP contribution in [0.15, 0.2) is 58.4 Å². The molecule has 7 nitrogen and oxygen atoms in total. The Labute approximate surface area is 181 Å². The maximum Gasteiger partial charge on any atom is 0.292 e. The molecule has 0 fully saturated rings. The Hall–Kier alpha value is -3.48. The van der Waals surface area contributed by atoms with Gasteiger partial charge >= 0.3 is 0 Å². The van der Waals surface area contributed by atoms with Gasteiger partial charge < -0.3 is 4.74 Å². The molecule has 0 spiro atoms. The number of hydrazone groups is 1. The van der Waals surface area contributed by atoms with Crippen molar-refractivity contribution in [2.45, 2.75) is 46.1 Å². The zero-order valence-electron chi connectivity index (χ0n) is 18.0. The van der Waals surface area contributed by atoms with Crippen LogP contribution < -0.4 is 15.7 Å². The van der Waals surface area contributed by atoms with E-state index in [1.807, 2.05) is 31.2 Å². The first-order valence-corrected chi connectivity index (χ1v) is 10.7. The molecular formula is C24H28N4O3. The quantitative estimate of drug-likeness (QED) is 0.303. The van der Waals surface area contributed by atoms with E-state index in [0.29, 0.717) is 23.9 Å². The summed E-state index contributed by atoms with van der Waals surface area (Å²) in [5.41, 5.74) is 3.28. The molecule has 1 aromatic heterocycles. The van der Waals surface area contributed by atoms with Crippen molar-refractivity contribution in [1.82, 2.24) is 15.2 Å². The number of hydrogen-bond donors (Lipinski definition) is 1. The topological polar surface area (TPSA) is 85.6 Å². The van der Waals surface area contributed by atoms with Gasteiger partial charge in [0.1, 0.15) is 5.75 Å². The maximum atomic E-state index is 12.7. The summed E-state index contributed by atoms with van der Waals surface area (Å²) in [5, 5.41) is 9.20. The number of aryl methyl sites for hydroxylation is 1. The number of carbonyl (C=O) groups is 1. The highest BCUT2D eigenvalue weighted by Gasteiger charge is 2.15. The lowest BCUT2D eigenvalue weighted by Gasteiger charge is -2.08. The summed E-state index contributed by atoms with van der Waals surface area (Å²) >= 11 is 0. The Morgan fingerprint density at radius 2 is 1.81 bits per heavy atom. The zero-order chi connectivity index (χ0) is 22.1. The lowest BCUT2D eigenvalue weighted by atomic mass is 10.1. The van der Waals surface area contributed by atoms with Crippen LogP contribution in [-0.4, -0.2) is 28.5 Å². The Kier molecular flexibility index (Phi) is 7.92. The van der Waals surface area contributed by atoms with E-state index >= 15 is 0 Å². The maximum absolute atomic E-state index is 12.7. The minimum Gasteiger partial charge on any atom is -0.494 e. The summed E-state index contributed by atoms with van der Waals surface area (Å²) in [6.07, 6.45) is 6.23. The normalized spacial score (nSPS) is 11.2. The lowest BCUT2D eigenvalue weighted by molar-refractivity contribution is 0.0949. The number of nitrogens with zero attached hydrogens (tertiary/aromatic N) is 3. The van der Waals surface area contributed by atoms with Gasteiger partial charge in [0.05, 0.1) is 18.2 Å². The van der Waals surface area contributed by atoms with E-state index in [2.05, 4.69) is 22.5 Å². The third-order valence-corrected chi connectivity index (χ3v) is 4.91. The van der Waals surface area contributed by atoms with E-state index in [1.165, 1.54) is 23.9 Å². The van der Waals surface area contributed by atoms with Crippen molar-refractivity contribution in [3.05, 3.63) is 70.1 Å². The van der Waals surface area contributed by atoms with Crippen molar-refractivity contribution in [2.75, 3.05) is 6.61 Å². The molecule has 0 atom stereocenters. The molecular weight excluding hydrogens is 392 g/mol. The van der Waals surface area contributed by atoms with E-state index in [4.69, 9.17) is 4.74 Å². The van der Waals surface area contributed by atoms with Crippen molar-refractivity contribution in [2.24, 2.45) is 5.10 Å². The van der Waals surface area contributed by atoms with Crippen LogP contribution in [0.3, 0.4) is 0 Å². The zero-order valence-corrected chi connectivity index (χ0v) is 18.0. The summed E-state index contributed by atoms with van der Waals surface area (Å²) in [4.78, 5) is 25.1. The minimum atomic E-state index is -0.471. The highest BCUT2D eigenvalue weighted by atomic mass is 16.5. The summed E-state index contributed by atoms with van der Waals surface area (Å²) in [5.74, 6) is 0.344. The molecule has 0 bridgehead atoms. The van der Waals surface area contributed by atoms with E-state index in [-0.39, 0.29) is 11.3 Å². The van der Waals surface area contributed by atoms with Crippen LogP contribution in [0.25, 0.3) is 10.8 Å². The van der Waals surface area contributed by atoms with E-state index < -0.39 is 5.91 Å². The second kappa shape index (κ2) is 11.1. The number of hydrogen-bond acceptors (Lipinski definition) is 5. The predicted octanol–water partition coefficient (Wildman–Crippen LogP) is 4.14. The van der Waals surface area contributed by atoms with Gasteiger partial charge in [-0.25, -0.2) is 10.1 Å². The summed E-state index contributed by atoms with van der Waals surface area (Å²) in [7, 11) is 0. The molecule has 1 heterocycles. The first-order chi connectivity index (χ1) is 15.1. The third kappa shape index (κ3) is 5.78. The number of aromatic nitrogens is 2. The molecule has 1 N–H and O–H groups in total. The van der Waals surface area contributed by atoms with Gasteiger partial charge in [-0.2, -0.15) is 10.2 Å². The molecule has 31 heavy (non-hydrogen) atoms. The van der Waals surface area contributed by atoms with Gasteiger partial charge in [-0.05, 0) is 49.2 Å². The van der Waals surface area contributed by atoms with Crippen LogP contribution >= 0.6 is 0 Å². The van der Waals surface area contributed by atoms with Crippen molar-refractivity contribution in [3.8, 4) is 5.75 Å². The molecule has 0 unspecified atom stereocenters. The number of nitrogens with one attached hydrogen (secondary N) is 1. The Morgan fingerprint density at radius 1 is 1.06 bits per heavy atom. The molecule has 0 saturated heterocycles. The van der Waals surface area contributed by atoms with E-state index in [9.17, 15) is 9.59 Å². The van der Waals surface area contributed by atoms with Crippen LogP contribution in [-0.2, 0) is 6.54 Å². The fraction of sp³-hybridized carbons (Fsp3) is 0.333. The van der Waals surface area contributed by atoms with Gasteiger partial charge in [0.15, 0.2) is 5.69 Å². The first-order valence-electron chi connectivity index (χ1n) is 10.7. The molecule has 1 amide bonds. The van der Waals surface area contributed by atoms with Gasteiger partial charge in [-0.1, -0.05) is 44.4 Å². The van der Waals surface area contributed by atoms with Crippen LogP contribution in [0.1, 0.15) is 55.6 Å². The van der Waals surface area contributed by atoms with Gasteiger partial charge in [-0.3, -0.25) is 9.59 Å². The first kappa shape index (κ1) is 22.2. The van der Waals surface area contributed by atoms with Crippen LogP contribution in [0.2, 0.25) is 0 Å². The molecule has 0 radical (unpaired) electrons.